The zero-order valence-electron chi connectivity index (χ0n) is 9.83. The van der Waals surface area contributed by atoms with Gasteiger partial charge in [-0.25, -0.2) is 0 Å². The highest BCUT2D eigenvalue weighted by molar-refractivity contribution is 5.75. The Morgan fingerprint density at radius 2 is 2.07 bits per heavy atom. The normalized spacial score (nSPS) is 39.9. The van der Waals surface area contributed by atoms with Gasteiger partial charge in [-0.05, 0) is 43.4 Å². The van der Waals surface area contributed by atoms with Gasteiger partial charge >= 0.3 is 5.97 Å². The maximum Gasteiger partial charge on any atom is 0.309 e. The summed E-state index contributed by atoms with van der Waals surface area (Å²) in [7, 11) is 0. The van der Waals surface area contributed by atoms with Crippen molar-refractivity contribution in [3.63, 3.8) is 0 Å². The number of hydrogen-bond donors (Lipinski definition) is 1. The molecule has 0 aromatic carbocycles. The van der Waals surface area contributed by atoms with Crippen LogP contribution in [0.3, 0.4) is 0 Å². The molecule has 0 heterocycles. The second kappa shape index (κ2) is 3.80. The molecule has 0 saturated heterocycles. The topological polar surface area (TPSA) is 37.3 Å². The van der Waals surface area contributed by atoms with Crippen LogP contribution in [0.4, 0.5) is 0 Å². The molecule has 2 aliphatic rings. The maximum atomic E-state index is 11.4. The van der Waals surface area contributed by atoms with Crippen LogP contribution >= 0.6 is 0 Å². The summed E-state index contributed by atoms with van der Waals surface area (Å²) >= 11 is 0. The van der Waals surface area contributed by atoms with Gasteiger partial charge in [-0.1, -0.05) is 26.7 Å². The van der Waals surface area contributed by atoms with Crippen LogP contribution in [0.25, 0.3) is 0 Å². The average molecular weight is 210 g/mol. The van der Waals surface area contributed by atoms with Gasteiger partial charge < -0.3 is 5.11 Å². The highest BCUT2D eigenvalue weighted by Crippen LogP contribution is 2.61. The smallest absolute Gasteiger partial charge is 0.309 e. The summed E-state index contributed by atoms with van der Waals surface area (Å²) in [4.78, 5) is 11.4. The third-order valence-corrected chi connectivity index (χ3v) is 4.35. The van der Waals surface area contributed by atoms with E-state index in [2.05, 4.69) is 13.8 Å². The summed E-state index contributed by atoms with van der Waals surface area (Å²) < 4.78 is 0. The fraction of sp³-hybridized carbons (Fsp3) is 0.923. The number of carboxylic acids is 1. The van der Waals surface area contributed by atoms with Crippen molar-refractivity contribution in [1.82, 2.24) is 0 Å². The molecule has 0 radical (unpaired) electrons. The minimum atomic E-state index is -0.530. The third kappa shape index (κ3) is 2.04. The molecule has 2 rings (SSSR count). The van der Waals surface area contributed by atoms with Gasteiger partial charge in [-0.15, -0.1) is 0 Å². The lowest BCUT2D eigenvalue weighted by molar-refractivity contribution is -0.150. The molecule has 0 aromatic heterocycles. The molecule has 2 fully saturated rings. The van der Waals surface area contributed by atoms with E-state index in [0.29, 0.717) is 5.92 Å². The van der Waals surface area contributed by atoms with Gasteiger partial charge in [0.1, 0.15) is 0 Å². The highest BCUT2D eigenvalue weighted by Gasteiger charge is 2.57. The standard InChI is InChI=1S/C13H22O2/c1-3-4-9(2)6-13(12(14)15)7-10-5-11(10)8-13/h9-11H,3-8H2,1-2H3,(H,14,15). The molecule has 2 aliphatic carbocycles. The van der Waals surface area contributed by atoms with Crippen LogP contribution in [0.2, 0.25) is 0 Å². The number of aliphatic carboxylic acids is 1. The van der Waals surface area contributed by atoms with E-state index in [9.17, 15) is 9.90 Å². The summed E-state index contributed by atoms with van der Waals surface area (Å²) in [6.07, 6.45) is 6.47. The van der Waals surface area contributed by atoms with Crippen LogP contribution < -0.4 is 0 Å². The van der Waals surface area contributed by atoms with Crippen LogP contribution in [-0.2, 0) is 4.79 Å². The van der Waals surface area contributed by atoms with Gasteiger partial charge in [0, 0.05) is 0 Å². The van der Waals surface area contributed by atoms with E-state index in [1.807, 2.05) is 0 Å². The fourth-order valence-electron chi connectivity index (χ4n) is 3.59. The van der Waals surface area contributed by atoms with Crippen LogP contribution in [0.15, 0.2) is 0 Å². The van der Waals surface area contributed by atoms with E-state index in [-0.39, 0.29) is 5.41 Å². The van der Waals surface area contributed by atoms with Crippen molar-refractivity contribution in [2.75, 3.05) is 0 Å². The molecule has 2 nitrogen and oxygen atoms in total. The zero-order valence-corrected chi connectivity index (χ0v) is 9.83. The zero-order chi connectivity index (χ0) is 11.1. The van der Waals surface area contributed by atoms with Gasteiger partial charge in [-0.3, -0.25) is 4.79 Å². The number of hydrogen-bond acceptors (Lipinski definition) is 1. The van der Waals surface area contributed by atoms with Gasteiger partial charge in [0.2, 0.25) is 0 Å². The van der Waals surface area contributed by atoms with E-state index in [4.69, 9.17) is 0 Å². The molecular weight excluding hydrogens is 188 g/mol. The quantitative estimate of drug-likeness (QED) is 0.755. The van der Waals surface area contributed by atoms with Crippen LogP contribution in [0.1, 0.15) is 52.4 Å². The molecular formula is C13H22O2. The molecule has 3 unspecified atom stereocenters. The first kappa shape index (κ1) is 11.0. The third-order valence-electron chi connectivity index (χ3n) is 4.35. The van der Waals surface area contributed by atoms with Gasteiger partial charge in [0.25, 0.3) is 0 Å². The van der Waals surface area contributed by atoms with E-state index >= 15 is 0 Å². The molecule has 86 valence electrons. The lowest BCUT2D eigenvalue weighted by atomic mass is 9.75. The molecule has 3 atom stereocenters. The summed E-state index contributed by atoms with van der Waals surface area (Å²) in [5.74, 6) is 1.56. The summed E-state index contributed by atoms with van der Waals surface area (Å²) in [5.41, 5.74) is -0.345. The number of carboxylic acid groups (broad SMARTS) is 1. The summed E-state index contributed by atoms with van der Waals surface area (Å²) in [5, 5.41) is 9.42. The minimum absolute atomic E-state index is 0.345. The Hall–Kier alpha value is -0.530. The summed E-state index contributed by atoms with van der Waals surface area (Å²) in [6, 6.07) is 0. The predicted octanol–water partition coefficient (Wildman–Crippen LogP) is 3.31. The monoisotopic (exact) mass is 210 g/mol. The predicted molar refractivity (Wildman–Crippen MR) is 59.6 cm³/mol. The van der Waals surface area contributed by atoms with Crippen molar-refractivity contribution in [2.45, 2.75) is 52.4 Å². The fourth-order valence-corrected chi connectivity index (χ4v) is 3.59. The molecule has 0 amide bonds. The Morgan fingerprint density at radius 1 is 1.47 bits per heavy atom. The van der Waals surface area contributed by atoms with Crippen molar-refractivity contribution < 1.29 is 9.90 Å². The van der Waals surface area contributed by atoms with E-state index < -0.39 is 5.97 Å². The molecule has 0 aliphatic heterocycles. The van der Waals surface area contributed by atoms with Crippen molar-refractivity contribution in [3.8, 4) is 0 Å². The molecule has 2 heteroatoms. The Labute approximate surface area is 92.1 Å². The lowest BCUT2D eigenvalue weighted by Gasteiger charge is -2.29. The lowest BCUT2D eigenvalue weighted by Crippen LogP contribution is -2.31. The molecule has 1 N–H and O–H groups in total. The Balaban J connectivity index is 1.98. The summed E-state index contributed by atoms with van der Waals surface area (Å²) in [6.45, 7) is 4.38. The van der Waals surface area contributed by atoms with Gasteiger partial charge in [0.15, 0.2) is 0 Å². The van der Waals surface area contributed by atoms with Crippen LogP contribution in [-0.4, -0.2) is 11.1 Å². The second-order valence-corrected chi connectivity index (χ2v) is 5.85. The SMILES string of the molecule is CCCC(C)CC1(C(=O)O)CC2CC2C1. The number of fused-ring (bicyclic) bond motifs is 1. The van der Waals surface area contributed by atoms with Gasteiger partial charge in [0.05, 0.1) is 5.41 Å². The van der Waals surface area contributed by atoms with Crippen molar-refractivity contribution in [3.05, 3.63) is 0 Å². The van der Waals surface area contributed by atoms with Crippen LogP contribution in [0, 0.1) is 23.2 Å². The van der Waals surface area contributed by atoms with E-state index in [1.54, 1.807) is 0 Å². The Morgan fingerprint density at radius 3 is 2.53 bits per heavy atom. The van der Waals surface area contributed by atoms with E-state index in [0.717, 1.165) is 31.1 Å². The average Bonchev–Trinajstić information content (AvgIpc) is 2.74. The molecule has 15 heavy (non-hydrogen) atoms. The number of carbonyl (C=O) groups is 1. The van der Waals surface area contributed by atoms with Gasteiger partial charge in [-0.2, -0.15) is 0 Å². The number of rotatable bonds is 5. The minimum Gasteiger partial charge on any atom is -0.481 e. The Kier molecular flexibility index (Phi) is 2.78. The second-order valence-electron chi connectivity index (χ2n) is 5.85. The largest absolute Gasteiger partial charge is 0.481 e. The molecule has 0 spiro atoms. The van der Waals surface area contributed by atoms with E-state index in [1.165, 1.54) is 19.3 Å². The highest BCUT2D eigenvalue weighted by atomic mass is 16.4. The molecule has 2 saturated carbocycles. The maximum absolute atomic E-state index is 11.4. The van der Waals surface area contributed by atoms with Crippen molar-refractivity contribution >= 4 is 5.97 Å². The van der Waals surface area contributed by atoms with Crippen molar-refractivity contribution in [1.29, 1.82) is 0 Å². The molecule has 0 aromatic rings. The Bertz CT molecular complexity index is 249. The first-order valence-electron chi connectivity index (χ1n) is 6.31. The first-order chi connectivity index (χ1) is 7.07. The van der Waals surface area contributed by atoms with Crippen LogP contribution in [0.5, 0.6) is 0 Å². The first-order valence-corrected chi connectivity index (χ1v) is 6.31. The molecule has 0 bridgehead atoms. The van der Waals surface area contributed by atoms with Crippen molar-refractivity contribution in [2.24, 2.45) is 23.2 Å².